The molecule has 0 N–H and O–H groups in total. The normalized spacial score (nSPS) is 12.5. The summed E-state index contributed by atoms with van der Waals surface area (Å²) in [6.45, 7) is 2.82. The minimum absolute atomic E-state index is 0.130. The van der Waals surface area contributed by atoms with Crippen LogP contribution in [0.25, 0.3) is 11.5 Å². The fourth-order valence-electron chi connectivity index (χ4n) is 2.30. The molecule has 0 aliphatic rings. The standard InChI is InChI=1S/C18H15BrFNO5S2/c1-11(2)27(22,23)18-17(28(24,25)15-9-5-13(19)6-10-15)21-16(26-18)12-3-7-14(20)8-4-12/h3-11H,1-2H3. The lowest BCUT2D eigenvalue weighted by molar-refractivity contribution is 0.442. The Morgan fingerprint density at radius 1 is 0.964 bits per heavy atom. The van der Waals surface area contributed by atoms with E-state index < -0.39 is 40.9 Å². The molecule has 0 saturated heterocycles. The molecule has 28 heavy (non-hydrogen) atoms. The number of hydrogen-bond donors (Lipinski definition) is 0. The molecule has 0 aliphatic heterocycles. The highest BCUT2D eigenvalue weighted by atomic mass is 79.9. The van der Waals surface area contributed by atoms with Crippen LogP contribution in [-0.4, -0.2) is 27.1 Å². The van der Waals surface area contributed by atoms with Gasteiger partial charge in [-0.3, -0.25) is 0 Å². The number of aromatic nitrogens is 1. The Balaban J connectivity index is 2.27. The lowest BCUT2D eigenvalue weighted by atomic mass is 10.2. The van der Waals surface area contributed by atoms with Crippen LogP contribution in [0.1, 0.15) is 13.8 Å². The molecule has 3 rings (SSSR count). The SMILES string of the molecule is CC(C)S(=O)(=O)c1oc(-c2ccc(F)cc2)nc1S(=O)(=O)c1ccc(Br)cc1. The van der Waals surface area contributed by atoms with Crippen molar-refractivity contribution >= 4 is 35.6 Å². The number of benzene rings is 2. The van der Waals surface area contributed by atoms with Gasteiger partial charge in [-0.25, -0.2) is 21.2 Å². The van der Waals surface area contributed by atoms with Gasteiger partial charge in [0.25, 0.3) is 5.09 Å². The molecule has 0 fully saturated rings. The van der Waals surface area contributed by atoms with Gasteiger partial charge in [-0.15, -0.1) is 0 Å². The van der Waals surface area contributed by atoms with Crippen LogP contribution < -0.4 is 0 Å². The van der Waals surface area contributed by atoms with Gasteiger partial charge in [-0.05, 0) is 62.4 Å². The molecule has 1 heterocycles. The molecular formula is C18H15BrFNO5S2. The second-order valence-corrected chi connectivity index (χ2v) is 11.4. The average Bonchev–Trinajstić information content (AvgIpc) is 3.09. The topological polar surface area (TPSA) is 94.3 Å². The minimum Gasteiger partial charge on any atom is -0.423 e. The molecule has 10 heteroatoms. The third-order valence-electron chi connectivity index (χ3n) is 3.92. The zero-order valence-electron chi connectivity index (χ0n) is 14.8. The van der Waals surface area contributed by atoms with E-state index in [9.17, 15) is 21.2 Å². The molecule has 0 saturated carbocycles. The van der Waals surface area contributed by atoms with Gasteiger partial charge in [0.05, 0.1) is 10.1 Å². The largest absolute Gasteiger partial charge is 0.423 e. The van der Waals surface area contributed by atoms with E-state index in [-0.39, 0.29) is 16.3 Å². The first kappa shape index (κ1) is 20.7. The molecule has 0 atom stereocenters. The molecule has 0 radical (unpaired) electrons. The molecule has 3 aromatic rings. The van der Waals surface area contributed by atoms with Gasteiger partial charge < -0.3 is 4.42 Å². The molecule has 0 bridgehead atoms. The van der Waals surface area contributed by atoms with Crippen LogP contribution in [0, 0.1) is 5.82 Å². The van der Waals surface area contributed by atoms with E-state index in [1.54, 1.807) is 0 Å². The minimum atomic E-state index is -4.28. The molecule has 0 amide bonds. The summed E-state index contributed by atoms with van der Waals surface area (Å²) in [5.74, 6) is -0.733. The summed E-state index contributed by atoms with van der Waals surface area (Å²) in [6, 6.07) is 10.6. The van der Waals surface area contributed by atoms with Gasteiger partial charge in [0.15, 0.2) is 0 Å². The number of nitrogens with zero attached hydrogens (tertiary/aromatic N) is 1. The van der Waals surface area contributed by atoms with Crippen molar-refractivity contribution in [2.24, 2.45) is 0 Å². The fraction of sp³-hybridized carbons (Fsp3) is 0.167. The number of hydrogen-bond acceptors (Lipinski definition) is 6. The fourth-order valence-corrected chi connectivity index (χ4v) is 5.33. The van der Waals surface area contributed by atoms with E-state index in [1.165, 1.54) is 50.2 Å². The molecule has 0 spiro atoms. The predicted octanol–water partition coefficient (Wildman–Crippen LogP) is 4.26. The first-order valence-corrected chi connectivity index (χ1v) is 11.9. The summed E-state index contributed by atoms with van der Waals surface area (Å²) in [7, 11) is -8.37. The van der Waals surface area contributed by atoms with Crippen LogP contribution >= 0.6 is 15.9 Å². The predicted molar refractivity (Wildman–Crippen MR) is 104 cm³/mol. The molecule has 148 valence electrons. The van der Waals surface area contributed by atoms with Crippen LogP contribution in [0.3, 0.4) is 0 Å². The maximum atomic E-state index is 13.2. The Hall–Kier alpha value is -2.04. The van der Waals surface area contributed by atoms with Crippen LogP contribution in [-0.2, 0) is 19.7 Å². The van der Waals surface area contributed by atoms with Crippen molar-refractivity contribution in [2.45, 2.75) is 34.1 Å². The van der Waals surface area contributed by atoms with Crippen molar-refractivity contribution < 1.29 is 25.6 Å². The van der Waals surface area contributed by atoms with Crippen molar-refractivity contribution in [3.8, 4) is 11.5 Å². The molecule has 0 unspecified atom stereocenters. The van der Waals surface area contributed by atoms with Gasteiger partial charge in [-0.1, -0.05) is 15.9 Å². The maximum Gasteiger partial charge on any atom is 0.258 e. The van der Waals surface area contributed by atoms with Gasteiger partial charge in [0.2, 0.25) is 30.6 Å². The molecule has 0 aliphatic carbocycles. The summed E-state index contributed by atoms with van der Waals surface area (Å²) in [6.07, 6.45) is 0. The van der Waals surface area contributed by atoms with E-state index in [4.69, 9.17) is 4.42 Å². The van der Waals surface area contributed by atoms with Gasteiger partial charge >= 0.3 is 0 Å². The van der Waals surface area contributed by atoms with Crippen LogP contribution in [0.4, 0.5) is 4.39 Å². The number of halogens is 2. The van der Waals surface area contributed by atoms with Gasteiger partial charge in [0, 0.05) is 10.0 Å². The second-order valence-electron chi connectivity index (χ2n) is 6.17. The number of sulfone groups is 2. The van der Waals surface area contributed by atoms with E-state index in [2.05, 4.69) is 20.9 Å². The quantitative estimate of drug-likeness (QED) is 0.533. The number of rotatable bonds is 5. The monoisotopic (exact) mass is 487 g/mol. The van der Waals surface area contributed by atoms with Crippen molar-refractivity contribution in [3.63, 3.8) is 0 Å². The Labute approximate surface area is 170 Å². The summed E-state index contributed by atoms with van der Waals surface area (Å²) >= 11 is 3.22. The highest BCUT2D eigenvalue weighted by Gasteiger charge is 2.36. The third kappa shape index (κ3) is 3.76. The van der Waals surface area contributed by atoms with E-state index in [0.29, 0.717) is 4.47 Å². The highest BCUT2D eigenvalue weighted by molar-refractivity contribution is 9.10. The Kier molecular flexibility index (Phi) is 5.48. The first-order valence-electron chi connectivity index (χ1n) is 8.05. The van der Waals surface area contributed by atoms with Crippen LogP contribution in [0.15, 0.2) is 72.4 Å². The van der Waals surface area contributed by atoms with Gasteiger partial charge in [-0.2, -0.15) is 4.98 Å². The van der Waals surface area contributed by atoms with E-state index in [0.717, 1.165) is 12.1 Å². The van der Waals surface area contributed by atoms with Crippen molar-refractivity contribution in [3.05, 3.63) is 58.8 Å². The summed E-state index contributed by atoms with van der Waals surface area (Å²) in [4.78, 5) is 3.83. The van der Waals surface area contributed by atoms with Crippen molar-refractivity contribution in [1.29, 1.82) is 0 Å². The first-order chi connectivity index (χ1) is 13.0. The summed E-state index contributed by atoms with van der Waals surface area (Å²) in [5.41, 5.74) is 0.249. The molecule has 1 aromatic heterocycles. The number of oxazole rings is 1. The average molecular weight is 488 g/mol. The lowest BCUT2D eigenvalue weighted by Gasteiger charge is -2.07. The second kappa shape index (κ2) is 7.41. The molecular weight excluding hydrogens is 473 g/mol. The Morgan fingerprint density at radius 2 is 1.54 bits per heavy atom. The third-order valence-corrected chi connectivity index (χ3v) is 8.29. The zero-order valence-corrected chi connectivity index (χ0v) is 18.0. The highest BCUT2D eigenvalue weighted by Crippen LogP contribution is 2.33. The Morgan fingerprint density at radius 3 is 2.07 bits per heavy atom. The maximum absolute atomic E-state index is 13.2. The van der Waals surface area contributed by atoms with Crippen molar-refractivity contribution in [2.75, 3.05) is 0 Å². The lowest BCUT2D eigenvalue weighted by Crippen LogP contribution is -2.17. The van der Waals surface area contributed by atoms with E-state index in [1.807, 2.05) is 0 Å². The molecule has 6 nitrogen and oxygen atoms in total. The summed E-state index contributed by atoms with van der Waals surface area (Å²) < 4.78 is 70.8. The van der Waals surface area contributed by atoms with Crippen LogP contribution in [0.2, 0.25) is 0 Å². The molecule has 2 aromatic carbocycles. The van der Waals surface area contributed by atoms with Gasteiger partial charge in [0.1, 0.15) is 5.82 Å². The van der Waals surface area contributed by atoms with Crippen LogP contribution in [0.5, 0.6) is 0 Å². The zero-order chi connectivity index (χ0) is 20.7. The Bertz CT molecular complexity index is 1220. The van der Waals surface area contributed by atoms with Crippen molar-refractivity contribution in [1.82, 2.24) is 4.98 Å². The smallest absolute Gasteiger partial charge is 0.258 e. The van der Waals surface area contributed by atoms with E-state index >= 15 is 0 Å². The summed E-state index contributed by atoms with van der Waals surface area (Å²) in [5, 5.41) is -2.35.